The van der Waals surface area contributed by atoms with E-state index in [1.807, 2.05) is 6.92 Å². The second-order valence-electron chi connectivity index (χ2n) is 2.49. The molecule has 0 saturated carbocycles. The minimum atomic E-state index is -0.948. The van der Waals surface area contributed by atoms with Crippen molar-refractivity contribution in [3.8, 4) is 0 Å². The van der Waals surface area contributed by atoms with Crippen molar-refractivity contribution in [3.63, 3.8) is 0 Å². The Morgan fingerprint density at radius 3 is 2.44 bits per heavy atom. The van der Waals surface area contributed by atoms with Crippen LogP contribution in [0, 0.1) is 5.92 Å². The van der Waals surface area contributed by atoms with E-state index in [9.17, 15) is 0 Å². The maximum atomic E-state index is 5.41. The van der Waals surface area contributed by atoms with Crippen LogP contribution in [0.25, 0.3) is 0 Å². The van der Waals surface area contributed by atoms with Crippen LogP contribution in [0.4, 0.5) is 0 Å². The average Bonchev–Trinajstić information content (AvgIpc) is 1.63. The predicted molar refractivity (Wildman–Crippen MR) is 46.0 cm³/mol. The average molecular weight is 209 g/mol. The molecule has 0 fully saturated rings. The van der Waals surface area contributed by atoms with Gasteiger partial charge in [0.25, 0.3) is 0 Å². The number of hydrogen-bond donors (Lipinski definition) is 0. The first kappa shape index (κ1) is 9.97. The number of rotatable bonds is 4. The lowest BCUT2D eigenvalue weighted by molar-refractivity contribution is 0.352. The Bertz CT molecular complexity index is 68.1. The molecule has 0 rings (SSSR count). The summed E-state index contributed by atoms with van der Waals surface area (Å²) in [5.74, 6) is 0.771. The van der Waals surface area contributed by atoms with Gasteiger partial charge < -0.3 is 3.79 Å². The highest BCUT2D eigenvalue weighted by atomic mass is 79.9. The van der Waals surface area contributed by atoms with Gasteiger partial charge in [0.05, 0.1) is 0 Å². The molecule has 3 heteroatoms. The zero-order valence-corrected chi connectivity index (χ0v) is 9.10. The zero-order valence-electron chi connectivity index (χ0n) is 6.36. The fourth-order valence-electron chi connectivity index (χ4n) is 0.620. The van der Waals surface area contributed by atoms with E-state index in [1.54, 1.807) is 0 Å². The Labute approximate surface area is 69.2 Å². The van der Waals surface area contributed by atoms with Crippen LogP contribution in [0.2, 0.25) is 5.28 Å². The Morgan fingerprint density at radius 2 is 2.11 bits per heavy atom. The van der Waals surface area contributed by atoms with Crippen LogP contribution in [-0.4, -0.2) is 19.3 Å². The van der Waals surface area contributed by atoms with E-state index in [1.165, 1.54) is 5.28 Å². The second-order valence-corrected chi connectivity index (χ2v) is 7.18. The summed E-state index contributed by atoms with van der Waals surface area (Å²) in [6.07, 6.45) is 0. The third-order valence-electron chi connectivity index (χ3n) is 1.00. The fraction of sp³-hybridized carbons (Fsp3) is 1.00. The SMILES string of the molecule is CC[O][Al]([Br])[CH2]C(C)C. The van der Waals surface area contributed by atoms with Gasteiger partial charge in [0, 0.05) is 6.61 Å². The van der Waals surface area contributed by atoms with Crippen molar-refractivity contribution in [3.05, 3.63) is 0 Å². The van der Waals surface area contributed by atoms with Crippen LogP contribution >= 0.6 is 14.1 Å². The molecule has 0 bridgehead atoms. The molecular weight excluding hydrogens is 195 g/mol. The molecule has 0 radical (unpaired) electrons. The van der Waals surface area contributed by atoms with Crippen molar-refractivity contribution in [2.45, 2.75) is 26.1 Å². The van der Waals surface area contributed by atoms with Gasteiger partial charge in [-0.1, -0.05) is 25.0 Å². The standard InChI is InChI=1S/C4H9.C2H5O.Al.BrH/c1-4(2)3;1-2-3;;/h4H,1H2,2-3H3;2H2,1H3;;1H/q;-1;+2;/p-1. The minimum absolute atomic E-state index is 0.771. The van der Waals surface area contributed by atoms with Crippen molar-refractivity contribution < 1.29 is 3.79 Å². The Balaban J connectivity index is 3.15. The smallest absolute Gasteiger partial charge is 0.492 e. The van der Waals surface area contributed by atoms with E-state index < -0.39 is 12.7 Å². The second kappa shape index (κ2) is 5.73. The minimum Gasteiger partial charge on any atom is -0.492 e. The summed E-state index contributed by atoms with van der Waals surface area (Å²) in [7, 11) is 0. The molecule has 0 N–H and O–H groups in total. The van der Waals surface area contributed by atoms with Crippen LogP contribution in [0.3, 0.4) is 0 Å². The molecule has 0 atom stereocenters. The van der Waals surface area contributed by atoms with Gasteiger partial charge in [0.1, 0.15) is 0 Å². The molecule has 0 heterocycles. The van der Waals surface area contributed by atoms with Gasteiger partial charge in [-0.3, -0.25) is 0 Å². The number of halogens is 1. The molecule has 9 heavy (non-hydrogen) atoms. The third-order valence-corrected chi connectivity index (χ3v) is 4.93. The molecule has 0 aromatic carbocycles. The molecule has 0 aliphatic carbocycles. The van der Waals surface area contributed by atoms with Crippen LogP contribution < -0.4 is 0 Å². The van der Waals surface area contributed by atoms with Crippen LogP contribution in [0.15, 0.2) is 0 Å². The lowest BCUT2D eigenvalue weighted by Gasteiger charge is -2.05. The van der Waals surface area contributed by atoms with E-state index in [0.29, 0.717) is 0 Å². The summed E-state index contributed by atoms with van der Waals surface area (Å²) >= 11 is 2.61. The Hall–Kier alpha value is 0.972. The van der Waals surface area contributed by atoms with Crippen molar-refractivity contribution >= 4 is 26.7 Å². The van der Waals surface area contributed by atoms with Crippen LogP contribution in [0.5, 0.6) is 0 Å². The highest BCUT2D eigenvalue weighted by Crippen LogP contribution is 2.10. The molecule has 0 aliphatic rings. The van der Waals surface area contributed by atoms with Crippen molar-refractivity contribution in [2.75, 3.05) is 6.61 Å². The molecule has 0 spiro atoms. The molecule has 0 aliphatic heterocycles. The third kappa shape index (κ3) is 6.86. The van der Waals surface area contributed by atoms with Gasteiger partial charge in [-0.2, -0.15) is 14.1 Å². The topological polar surface area (TPSA) is 9.23 Å². The number of hydrogen-bond acceptors (Lipinski definition) is 1. The van der Waals surface area contributed by atoms with Gasteiger partial charge in [-0.25, -0.2) is 0 Å². The van der Waals surface area contributed by atoms with E-state index in [2.05, 4.69) is 27.9 Å². The monoisotopic (exact) mass is 208 g/mol. The van der Waals surface area contributed by atoms with Gasteiger partial charge in [-0.15, -0.1) is 0 Å². The van der Waals surface area contributed by atoms with Crippen LogP contribution in [0.1, 0.15) is 20.8 Å². The summed E-state index contributed by atoms with van der Waals surface area (Å²) < 4.78 is 5.41. The van der Waals surface area contributed by atoms with Crippen molar-refractivity contribution in [2.24, 2.45) is 5.92 Å². The highest BCUT2D eigenvalue weighted by Gasteiger charge is 2.16. The highest BCUT2D eigenvalue weighted by molar-refractivity contribution is 9.24. The quantitative estimate of drug-likeness (QED) is 0.646. The zero-order chi connectivity index (χ0) is 7.28. The van der Waals surface area contributed by atoms with Crippen molar-refractivity contribution in [1.29, 1.82) is 0 Å². The molecular formula is C6H14AlBrO. The lowest BCUT2D eigenvalue weighted by Crippen LogP contribution is -2.11. The van der Waals surface area contributed by atoms with E-state index in [-0.39, 0.29) is 0 Å². The molecule has 0 aromatic rings. The maximum Gasteiger partial charge on any atom is 0.557 e. The molecule has 0 aromatic heterocycles. The lowest BCUT2D eigenvalue weighted by atomic mass is 10.3. The Kier molecular flexibility index (Phi) is 6.35. The normalized spacial score (nSPS) is 10.3. The maximum absolute atomic E-state index is 5.41. The summed E-state index contributed by atoms with van der Waals surface area (Å²) in [6, 6.07) is 0. The molecule has 54 valence electrons. The van der Waals surface area contributed by atoms with Crippen molar-refractivity contribution in [1.82, 2.24) is 0 Å². The van der Waals surface area contributed by atoms with Gasteiger partial charge >= 0.3 is 12.7 Å². The summed E-state index contributed by atoms with van der Waals surface area (Å²) in [5.41, 5.74) is 0. The predicted octanol–water partition coefficient (Wildman–Crippen LogP) is 2.56. The summed E-state index contributed by atoms with van der Waals surface area (Å²) in [4.78, 5) is 0. The van der Waals surface area contributed by atoms with Gasteiger partial charge in [-0.05, 0) is 6.92 Å². The molecule has 0 unspecified atom stereocenters. The van der Waals surface area contributed by atoms with Gasteiger partial charge in [0.15, 0.2) is 0 Å². The first-order chi connectivity index (χ1) is 4.16. The van der Waals surface area contributed by atoms with Gasteiger partial charge in [0.2, 0.25) is 0 Å². The van der Waals surface area contributed by atoms with Crippen LogP contribution in [-0.2, 0) is 3.79 Å². The largest absolute Gasteiger partial charge is 0.557 e. The summed E-state index contributed by atoms with van der Waals surface area (Å²) in [6.45, 7) is 7.34. The summed E-state index contributed by atoms with van der Waals surface area (Å²) in [5, 5.41) is 1.23. The molecule has 0 saturated heterocycles. The molecule has 1 nitrogen and oxygen atoms in total. The Morgan fingerprint density at radius 1 is 1.56 bits per heavy atom. The molecule has 0 amide bonds. The first-order valence-electron chi connectivity index (χ1n) is 3.42. The fourth-order valence-corrected chi connectivity index (χ4v) is 4.89. The van der Waals surface area contributed by atoms with E-state index >= 15 is 0 Å². The van der Waals surface area contributed by atoms with E-state index in [0.717, 1.165) is 12.5 Å². The van der Waals surface area contributed by atoms with E-state index in [4.69, 9.17) is 3.79 Å². The first-order valence-corrected chi connectivity index (χ1v) is 7.89.